The van der Waals surface area contributed by atoms with Crippen molar-refractivity contribution in [3.63, 3.8) is 0 Å². The number of hydrogen-bond donors (Lipinski definition) is 0. The number of morpholine rings is 1. The summed E-state index contributed by atoms with van der Waals surface area (Å²) in [5.41, 5.74) is 5.65. The van der Waals surface area contributed by atoms with Gasteiger partial charge in [0.2, 0.25) is 0 Å². The van der Waals surface area contributed by atoms with Gasteiger partial charge in [-0.05, 0) is 31.9 Å². The molecule has 0 amide bonds. The third-order valence-electron chi connectivity index (χ3n) is 5.84. The van der Waals surface area contributed by atoms with Crippen LogP contribution in [0.2, 0.25) is 0 Å². The van der Waals surface area contributed by atoms with Crippen LogP contribution in [0.1, 0.15) is 29.3 Å². The van der Waals surface area contributed by atoms with Gasteiger partial charge in [-0.1, -0.05) is 6.58 Å². The maximum Gasteiger partial charge on any atom is 0.177 e. The number of fused-ring (bicyclic) bond motifs is 1. The molecule has 0 N–H and O–H groups in total. The van der Waals surface area contributed by atoms with Crippen LogP contribution in [-0.4, -0.2) is 64.0 Å². The van der Waals surface area contributed by atoms with Crippen LogP contribution in [0.15, 0.2) is 24.9 Å². The number of pyridine rings is 1. The van der Waals surface area contributed by atoms with Gasteiger partial charge in [-0.3, -0.25) is 4.98 Å². The lowest BCUT2D eigenvalue weighted by atomic mass is 10.1. The fourth-order valence-electron chi connectivity index (χ4n) is 3.89. The lowest BCUT2D eigenvalue weighted by Gasteiger charge is -2.34. The number of aryl methyl sites for hydroxylation is 2. The molecule has 3 aromatic rings. The molecule has 5 rings (SSSR count). The van der Waals surface area contributed by atoms with E-state index in [2.05, 4.69) is 38.6 Å². The zero-order valence-electron chi connectivity index (χ0n) is 17.6. The molecule has 2 fully saturated rings. The fraction of sp³-hybridized carbons (Fsp3) is 0.455. The van der Waals surface area contributed by atoms with Gasteiger partial charge >= 0.3 is 0 Å². The number of allylic oxidation sites excluding steroid dienone is 1. The van der Waals surface area contributed by atoms with E-state index in [1.54, 1.807) is 0 Å². The van der Waals surface area contributed by atoms with Crippen molar-refractivity contribution < 1.29 is 4.74 Å². The first-order valence-corrected chi connectivity index (χ1v) is 10.5. The van der Waals surface area contributed by atoms with Crippen LogP contribution >= 0.6 is 0 Å². The fourth-order valence-corrected chi connectivity index (χ4v) is 3.89. The van der Waals surface area contributed by atoms with Crippen LogP contribution in [-0.2, 0) is 11.2 Å². The molecule has 2 aliphatic rings. The number of ether oxygens (including phenoxy) is 1. The van der Waals surface area contributed by atoms with Crippen molar-refractivity contribution in [2.75, 3.05) is 49.2 Å². The van der Waals surface area contributed by atoms with E-state index < -0.39 is 0 Å². The number of anilines is 2. The molecule has 30 heavy (non-hydrogen) atoms. The van der Waals surface area contributed by atoms with E-state index in [4.69, 9.17) is 14.7 Å². The van der Waals surface area contributed by atoms with Crippen LogP contribution in [0.25, 0.3) is 11.2 Å². The number of aromatic nitrogens is 5. The molecule has 0 saturated carbocycles. The van der Waals surface area contributed by atoms with E-state index in [0.29, 0.717) is 6.42 Å². The van der Waals surface area contributed by atoms with Gasteiger partial charge in [-0.2, -0.15) is 5.10 Å². The van der Waals surface area contributed by atoms with Crippen LogP contribution in [0.4, 0.5) is 11.5 Å². The highest BCUT2D eigenvalue weighted by molar-refractivity contribution is 5.69. The molecule has 0 aliphatic carbocycles. The number of rotatable bonds is 5. The standard InChI is InChI=1S/C22H27N7O/c1-15(11-20-25-22-17(3)23-14-16(2)29(22)26-20)19-12-18(27-7-9-30-10-8-27)13-21(24-19)28-5-4-6-28/h12-14H,1,4-11H2,2-3H3. The Labute approximate surface area is 176 Å². The molecule has 8 nitrogen and oxygen atoms in total. The maximum absolute atomic E-state index is 5.53. The molecule has 0 unspecified atom stereocenters. The highest BCUT2D eigenvalue weighted by atomic mass is 16.5. The van der Waals surface area contributed by atoms with Crippen molar-refractivity contribution in [3.8, 4) is 0 Å². The van der Waals surface area contributed by atoms with Gasteiger partial charge in [-0.15, -0.1) is 0 Å². The smallest absolute Gasteiger partial charge is 0.177 e. The minimum atomic E-state index is 0.555. The molecule has 0 radical (unpaired) electrons. The van der Waals surface area contributed by atoms with E-state index in [9.17, 15) is 0 Å². The third-order valence-corrected chi connectivity index (χ3v) is 5.84. The molecular weight excluding hydrogens is 378 g/mol. The zero-order chi connectivity index (χ0) is 20.7. The molecule has 2 aliphatic heterocycles. The Morgan fingerprint density at radius 3 is 2.57 bits per heavy atom. The minimum Gasteiger partial charge on any atom is -0.378 e. The summed E-state index contributed by atoms with van der Waals surface area (Å²) in [6, 6.07) is 4.34. The number of hydrogen-bond acceptors (Lipinski definition) is 7. The summed E-state index contributed by atoms with van der Waals surface area (Å²) >= 11 is 0. The Morgan fingerprint density at radius 1 is 1.07 bits per heavy atom. The van der Waals surface area contributed by atoms with Crippen molar-refractivity contribution in [3.05, 3.63) is 47.8 Å². The van der Waals surface area contributed by atoms with Gasteiger partial charge in [-0.25, -0.2) is 14.5 Å². The van der Waals surface area contributed by atoms with Gasteiger partial charge in [0.1, 0.15) is 5.82 Å². The van der Waals surface area contributed by atoms with E-state index in [1.807, 2.05) is 24.6 Å². The van der Waals surface area contributed by atoms with Gasteiger partial charge in [0, 0.05) is 50.6 Å². The molecule has 0 spiro atoms. The highest BCUT2D eigenvalue weighted by Crippen LogP contribution is 2.29. The van der Waals surface area contributed by atoms with Crippen molar-refractivity contribution in [1.82, 2.24) is 24.6 Å². The third kappa shape index (κ3) is 3.52. The molecule has 5 heterocycles. The second kappa shape index (κ2) is 7.68. The molecule has 2 saturated heterocycles. The van der Waals surface area contributed by atoms with E-state index >= 15 is 0 Å². The zero-order valence-corrected chi connectivity index (χ0v) is 17.6. The van der Waals surface area contributed by atoms with Crippen molar-refractivity contribution >= 4 is 22.7 Å². The number of nitrogens with zero attached hydrogens (tertiary/aromatic N) is 7. The Morgan fingerprint density at radius 2 is 1.87 bits per heavy atom. The van der Waals surface area contributed by atoms with Crippen LogP contribution in [0.5, 0.6) is 0 Å². The summed E-state index contributed by atoms with van der Waals surface area (Å²) in [6.07, 6.45) is 3.60. The predicted octanol–water partition coefficient (Wildman–Crippen LogP) is 2.44. The summed E-state index contributed by atoms with van der Waals surface area (Å²) in [5.74, 6) is 1.77. The lowest BCUT2D eigenvalue weighted by Crippen LogP contribution is -2.39. The van der Waals surface area contributed by atoms with Crippen LogP contribution in [0, 0.1) is 13.8 Å². The second-order valence-electron chi connectivity index (χ2n) is 8.04. The maximum atomic E-state index is 5.53. The topological polar surface area (TPSA) is 71.7 Å². The van der Waals surface area contributed by atoms with Crippen molar-refractivity contribution in [2.24, 2.45) is 0 Å². The second-order valence-corrected chi connectivity index (χ2v) is 8.04. The van der Waals surface area contributed by atoms with Crippen LogP contribution in [0.3, 0.4) is 0 Å². The monoisotopic (exact) mass is 405 g/mol. The Hall–Kier alpha value is -3.00. The normalized spacial score (nSPS) is 16.7. The van der Waals surface area contributed by atoms with Gasteiger partial charge in [0.15, 0.2) is 11.5 Å². The first-order valence-electron chi connectivity index (χ1n) is 10.5. The van der Waals surface area contributed by atoms with Gasteiger partial charge in [0.05, 0.1) is 30.3 Å². The Balaban J connectivity index is 1.45. The van der Waals surface area contributed by atoms with Crippen LogP contribution < -0.4 is 9.80 Å². The summed E-state index contributed by atoms with van der Waals surface area (Å²) in [5, 5.41) is 4.68. The van der Waals surface area contributed by atoms with Gasteiger partial charge in [0.25, 0.3) is 0 Å². The SMILES string of the molecule is C=C(Cc1nc2c(C)ncc(C)n2n1)c1cc(N2CCOCC2)cc(N2CCC2)n1. The lowest BCUT2D eigenvalue weighted by molar-refractivity contribution is 0.122. The molecule has 3 aromatic heterocycles. The average Bonchev–Trinajstić information content (AvgIpc) is 3.15. The quantitative estimate of drug-likeness (QED) is 0.646. The predicted molar refractivity (Wildman–Crippen MR) is 117 cm³/mol. The molecule has 0 aromatic carbocycles. The van der Waals surface area contributed by atoms with E-state index in [1.165, 1.54) is 12.1 Å². The molecular formula is C22H27N7O. The Bertz CT molecular complexity index is 1060. The summed E-state index contributed by atoms with van der Waals surface area (Å²) in [6.45, 7) is 13.7. The largest absolute Gasteiger partial charge is 0.378 e. The summed E-state index contributed by atoms with van der Waals surface area (Å²) in [4.78, 5) is 18.7. The molecule has 0 bridgehead atoms. The van der Waals surface area contributed by atoms with Crippen molar-refractivity contribution in [2.45, 2.75) is 26.7 Å². The first-order chi connectivity index (χ1) is 14.6. The summed E-state index contributed by atoms with van der Waals surface area (Å²) < 4.78 is 7.38. The summed E-state index contributed by atoms with van der Waals surface area (Å²) in [7, 11) is 0. The van der Waals surface area contributed by atoms with Crippen molar-refractivity contribution in [1.29, 1.82) is 0 Å². The Kier molecular flexibility index (Phi) is 4.86. The highest BCUT2D eigenvalue weighted by Gasteiger charge is 2.21. The first kappa shape index (κ1) is 19.0. The molecule has 156 valence electrons. The van der Waals surface area contributed by atoms with E-state index in [-0.39, 0.29) is 0 Å². The average molecular weight is 406 g/mol. The van der Waals surface area contributed by atoms with Gasteiger partial charge < -0.3 is 14.5 Å². The van der Waals surface area contributed by atoms with E-state index in [0.717, 1.165) is 79.3 Å². The molecule has 0 atom stereocenters. The minimum absolute atomic E-state index is 0.555. The molecule has 8 heteroatoms.